The van der Waals surface area contributed by atoms with Crippen LogP contribution in [0, 0.1) is 11.6 Å². The van der Waals surface area contributed by atoms with Crippen LogP contribution in [0.2, 0.25) is 0 Å². The molecule has 20 heavy (non-hydrogen) atoms. The highest BCUT2D eigenvalue weighted by Gasteiger charge is 2.36. The van der Waals surface area contributed by atoms with Gasteiger partial charge in [-0.3, -0.25) is 4.90 Å². The molecule has 0 N–H and O–H groups in total. The molecule has 2 aliphatic heterocycles. The van der Waals surface area contributed by atoms with Crippen molar-refractivity contribution in [1.29, 1.82) is 0 Å². The van der Waals surface area contributed by atoms with Crippen LogP contribution >= 0.6 is 11.6 Å². The monoisotopic (exact) mass is 300 g/mol. The Morgan fingerprint density at radius 1 is 1.25 bits per heavy atom. The number of halogens is 3. The molecule has 2 heterocycles. The Morgan fingerprint density at radius 3 is 2.60 bits per heavy atom. The molecule has 0 saturated carbocycles. The molecule has 0 bridgehead atoms. The summed E-state index contributed by atoms with van der Waals surface area (Å²) in [4.78, 5) is 4.32. The Hall–Kier alpha value is -0.870. The third-order valence-corrected chi connectivity index (χ3v) is 4.76. The van der Waals surface area contributed by atoms with E-state index in [2.05, 4.69) is 4.90 Å². The summed E-state index contributed by atoms with van der Waals surface area (Å²) in [5.41, 5.74) is 0.593. The molecule has 2 nitrogen and oxygen atoms in total. The molecule has 2 aliphatic rings. The van der Waals surface area contributed by atoms with E-state index in [1.807, 2.05) is 11.8 Å². The molecule has 1 aromatic carbocycles. The van der Waals surface area contributed by atoms with Gasteiger partial charge in [-0.2, -0.15) is 0 Å². The molecule has 2 unspecified atom stereocenters. The minimum atomic E-state index is -0.501. The van der Waals surface area contributed by atoms with E-state index >= 15 is 0 Å². The summed E-state index contributed by atoms with van der Waals surface area (Å²) in [5.74, 6) is -0.877. The van der Waals surface area contributed by atoms with E-state index in [9.17, 15) is 8.78 Å². The lowest BCUT2D eigenvalue weighted by Crippen LogP contribution is -2.55. The highest BCUT2D eigenvalue weighted by Crippen LogP contribution is 2.32. The van der Waals surface area contributed by atoms with Crippen molar-refractivity contribution in [2.45, 2.75) is 37.7 Å². The van der Waals surface area contributed by atoms with E-state index in [0.29, 0.717) is 18.2 Å². The van der Waals surface area contributed by atoms with E-state index in [0.717, 1.165) is 19.5 Å². The van der Waals surface area contributed by atoms with Gasteiger partial charge in [0.05, 0.1) is 0 Å². The van der Waals surface area contributed by atoms with Crippen LogP contribution in [0.1, 0.15) is 25.3 Å². The van der Waals surface area contributed by atoms with Crippen molar-refractivity contribution in [3.8, 4) is 0 Å². The fourth-order valence-corrected chi connectivity index (χ4v) is 3.62. The molecule has 3 rings (SSSR count). The molecule has 0 amide bonds. The number of fused-ring (bicyclic) bond motifs is 1. The zero-order chi connectivity index (χ0) is 14.3. The van der Waals surface area contributed by atoms with Crippen molar-refractivity contribution >= 4 is 17.3 Å². The van der Waals surface area contributed by atoms with Crippen LogP contribution < -0.4 is 4.90 Å². The lowest BCUT2D eigenvalue weighted by molar-refractivity contribution is 0.201. The molecule has 2 fully saturated rings. The van der Waals surface area contributed by atoms with E-state index in [1.54, 1.807) is 0 Å². The Bertz CT molecular complexity index is 486. The minimum Gasteiger partial charge on any atom is -0.361 e. The molecular formula is C15H19ClF2N2. The van der Waals surface area contributed by atoms with Gasteiger partial charge in [0.25, 0.3) is 0 Å². The van der Waals surface area contributed by atoms with Crippen LogP contribution in [0.25, 0.3) is 0 Å². The number of nitrogens with zero attached hydrogens (tertiary/aromatic N) is 2. The first-order valence-corrected chi connectivity index (χ1v) is 7.68. The summed E-state index contributed by atoms with van der Waals surface area (Å²) in [5, 5.41) is 0. The molecule has 0 aliphatic carbocycles. The van der Waals surface area contributed by atoms with Crippen LogP contribution in [0.3, 0.4) is 0 Å². The second-order valence-corrected chi connectivity index (χ2v) is 6.10. The van der Waals surface area contributed by atoms with Crippen LogP contribution in [0.4, 0.5) is 14.5 Å². The normalized spacial score (nSPS) is 26.9. The molecular weight excluding hydrogens is 282 g/mol. The summed E-state index contributed by atoms with van der Waals surface area (Å²) in [6, 6.07) is 3.24. The first-order valence-electron chi connectivity index (χ1n) is 7.14. The van der Waals surface area contributed by atoms with Crippen molar-refractivity contribution in [1.82, 2.24) is 4.90 Å². The van der Waals surface area contributed by atoms with E-state index < -0.39 is 11.6 Å². The van der Waals surface area contributed by atoms with Crippen LogP contribution in [-0.4, -0.2) is 36.6 Å². The fourth-order valence-electron chi connectivity index (χ4n) is 3.47. The Morgan fingerprint density at radius 2 is 1.95 bits per heavy atom. The summed E-state index contributed by atoms with van der Waals surface area (Å²) >= 11 is 5.66. The quantitative estimate of drug-likeness (QED) is 0.773. The number of rotatable bonds is 2. The van der Waals surface area contributed by atoms with E-state index in [4.69, 9.17) is 11.6 Å². The molecule has 2 atom stereocenters. The van der Waals surface area contributed by atoms with E-state index in [1.165, 1.54) is 18.6 Å². The number of benzene rings is 1. The smallest absolute Gasteiger partial charge is 0.149 e. The van der Waals surface area contributed by atoms with Gasteiger partial charge in [-0.05, 0) is 44.0 Å². The second kappa shape index (κ2) is 5.49. The van der Waals surface area contributed by atoms with Gasteiger partial charge in [0, 0.05) is 31.1 Å². The number of anilines is 1. The number of hydrogen-bond donors (Lipinski definition) is 0. The van der Waals surface area contributed by atoms with Crippen molar-refractivity contribution in [2.75, 3.05) is 24.5 Å². The summed E-state index contributed by atoms with van der Waals surface area (Å²) in [6.45, 7) is 4.72. The average molecular weight is 301 g/mol. The SMILES string of the molecule is CC1CN2CCCC2CN1c1c(F)cc(CCl)cc1F. The van der Waals surface area contributed by atoms with Gasteiger partial charge in [-0.25, -0.2) is 8.78 Å². The van der Waals surface area contributed by atoms with Crippen molar-refractivity contribution in [2.24, 2.45) is 0 Å². The van der Waals surface area contributed by atoms with Crippen molar-refractivity contribution < 1.29 is 8.78 Å². The number of hydrogen-bond acceptors (Lipinski definition) is 2. The third-order valence-electron chi connectivity index (χ3n) is 4.46. The first kappa shape index (κ1) is 14.1. The number of piperazine rings is 1. The summed E-state index contributed by atoms with van der Waals surface area (Å²) in [6.07, 6.45) is 2.30. The Kier molecular flexibility index (Phi) is 3.87. The predicted octanol–water partition coefficient (Wildman–Crippen LogP) is 3.38. The Balaban J connectivity index is 1.92. The lowest BCUT2D eigenvalue weighted by atomic mass is 10.1. The Labute approximate surface area is 123 Å². The molecule has 0 aromatic heterocycles. The van der Waals surface area contributed by atoms with Gasteiger partial charge in [0.2, 0.25) is 0 Å². The number of alkyl halides is 1. The van der Waals surface area contributed by atoms with Gasteiger partial charge in [0.1, 0.15) is 17.3 Å². The molecule has 110 valence electrons. The first-order chi connectivity index (χ1) is 9.60. The fraction of sp³-hybridized carbons (Fsp3) is 0.600. The van der Waals surface area contributed by atoms with Gasteiger partial charge >= 0.3 is 0 Å². The van der Waals surface area contributed by atoms with E-state index in [-0.39, 0.29) is 17.6 Å². The topological polar surface area (TPSA) is 6.48 Å². The largest absolute Gasteiger partial charge is 0.361 e. The van der Waals surface area contributed by atoms with Crippen molar-refractivity contribution in [3.63, 3.8) is 0 Å². The molecule has 0 radical (unpaired) electrons. The highest BCUT2D eigenvalue weighted by molar-refractivity contribution is 6.17. The van der Waals surface area contributed by atoms with Gasteiger partial charge < -0.3 is 4.90 Å². The molecule has 2 saturated heterocycles. The maximum atomic E-state index is 14.2. The third kappa shape index (κ3) is 2.40. The van der Waals surface area contributed by atoms with Gasteiger partial charge in [0.15, 0.2) is 0 Å². The van der Waals surface area contributed by atoms with Gasteiger partial charge in [-0.1, -0.05) is 0 Å². The zero-order valence-corrected chi connectivity index (χ0v) is 12.3. The second-order valence-electron chi connectivity index (χ2n) is 5.83. The average Bonchev–Trinajstić information content (AvgIpc) is 2.85. The van der Waals surface area contributed by atoms with Crippen LogP contribution in [0.5, 0.6) is 0 Å². The molecule has 0 spiro atoms. The minimum absolute atomic E-state index is 0.109. The van der Waals surface area contributed by atoms with Gasteiger partial charge in [-0.15, -0.1) is 11.6 Å². The summed E-state index contributed by atoms with van der Waals surface area (Å²) < 4.78 is 28.5. The zero-order valence-electron chi connectivity index (χ0n) is 11.6. The van der Waals surface area contributed by atoms with Crippen LogP contribution in [-0.2, 0) is 5.88 Å². The molecule has 5 heteroatoms. The van der Waals surface area contributed by atoms with Crippen LogP contribution in [0.15, 0.2) is 12.1 Å². The summed E-state index contributed by atoms with van der Waals surface area (Å²) in [7, 11) is 0. The standard InChI is InChI=1S/C15H19ClF2N2/c1-10-8-19-4-2-3-12(19)9-20(10)15-13(17)5-11(7-16)6-14(15)18/h5-6,10,12H,2-4,7-9H2,1H3. The van der Waals surface area contributed by atoms with Crippen molar-refractivity contribution in [3.05, 3.63) is 29.3 Å². The lowest BCUT2D eigenvalue weighted by Gasteiger charge is -2.43. The molecule has 1 aromatic rings. The predicted molar refractivity (Wildman–Crippen MR) is 77.3 cm³/mol. The maximum Gasteiger partial charge on any atom is 0.149 e. The highest BCUT2D eigenvalue weighted by atomic mass is 35.5. The maximum absolute atomic E-state index is 14.2.